The maximum atomic E-state index is 13.8. The van der Waals surface area contributed by atoms with Crippen LogP contribution in [0.3, 0.4) is 0 Å². The van der Waals surface area contributed by atoms with Gasteiger partial charge in [0, 0.05) is 34.2 Å². The van der Waals surface area contributed by atoms with E-state index in [2.05, 4.69) is 22.9 Å². The second kappa shape index (κ2) is 9.16. The molecule has 6 aromatic rings. The minimum atomic E-state index is -3.81. The third-order valence-corrected chi connectivity index (χ3v) is 8.35. The molecular weight excluding hydrogens is 476 g/mol. The van der Waals surface area contributed by atoms with Gasteiger partial charge in [-0.2, -0.15) is 0 Å². The van der Waals surface area contributed by atoms with Crippen LogP contribution in [0.25, 0.3) is 21.8 Å². The van der Waals surface area contributed by atoms with Gasteiger partial charge < -0.3 is 4.98 Å². The van der Waals surface area contributed by atoms with Crippen molar-refractivity contribution in [3.63, 3.8) is 0 Å². The van der Waals surface area contributed by atoms with E-state index in [4.69, 9.17) is 0 Å². The van der Waals surface area contributed by atoms with E-state index in [1.54, 1.807) is 18.3 Å². The van der Waals surface area contributed by atoms with E-state index < -0.39 is 10.0 Å². The first-order valence-corrected chi connectivity index (χ1v) is 13.5. The van der Waals surface area contributed by atoms with Crippen molar-refractivity contribution < 1.29 is 8.42 Å². The molecule has 2 heterocycles. The minimum absolute atomic E-state index is 0.254. The maximum absolute atomic E-state index is 13.8. The second-order valence-corrected chi connectivity index (χ2v) is 10.9. The van der Waals surface area contributed by atoms with Crippen LogP contribution < -0.4 is 0 Å². The van der Waals surface area contributed by atoms with Crippen LogP contribution in [0.1, 0.15) is 28.2 Å². The van der Waals surface area contributed by atoms with E-state index in [1.165, 1.54) is 3.97 Å². The van der Waals surface area contributed by atoms with E-state index in [-0.39, 0.29) is 10.8 Å². The van der Waals surface area contributed by atoms with Gasteiger partial charge in [-0.05, 0) is 54.4 Å². The molecule has 0 saturated heterocycles. The average Bonchev–Trinajstić information content (AvgIpc) is 3.53. The fraction of sp³-hybridized carbons (Fsp3) is 0.0625. The molecule has 4 nitrogen and oxygen atoms in total. The van der Waals surface area contributed by atoms with Crippen LogP contribution in [-0.2, 0) is 10.0 Å². The van der Waals surface area contributed by atoms with Gasteiger partial charge in [0.15, 0.2) is 0 Å². The predicted octanol–water partition coefficient (Wildman–Crippen LogP) is 6.85. The fourth-order valence-corrected chi connectivity index (χ4v) is 6.14. The lowest BCUT2D eigenvalue weighted by Crippen LogP contribution is -2.12. The van der Waals surface area contributed by atoms with Crippen molar-refractivity contribution in [2.45, 2.75) is 17.7 Å². The standard InChI is InChI=1S/C32H24N2O2S/c1-23-15-18-25(19-16-23)37(35,36)34-22-30(28-12-6-8-14-32(28)34)26(20-17-24-9-3-2-4-10-24)29-21-33-31-13-7-5-11-27(29)31/h2-16,18-19,21-22,26,33H,1H3. The Kier molecular flexibility index (Phi) is 5.67. The molecule has 1 unspecified atom stereocenters. The molecule has 0 amide bonds. The molecule has 0 aliphatic heterocycles. The molecule has 5 heteroatoms. The molecule has 1 N–H and O–H groups in total. The van der Waals surface area contributed by atoms with Crippen LogP contribution in [0.15, 0.2) is 120 Å². The predicted molar refractivity (Wildman–Crippen MR) is 149 cm³/mol. The van der Waals surface area contributed by atoms with E-state index in [0.717, 1.165) is 38.5 Å². The highest BCUT2D eigenvalue weighted by atomic mass is 32.2. The number of benzene rings is 4. The van der Waals surface area contributed by atoms with Crippen molar-refractivity contribution in [3.05, 3.63) is 138 Å². The Morgan fingerprint density at radius 3 is 2.22 bits per heavy atom. The van der Waals surface area contributed by atoms with Crippen LogP contribution in [0, 0.1) is 18.8 Å². The highest BCUT2D eigenvalue weighted by Gasteiger charge is 2.26. The fourth-order valence-electron chi connectivity index (χ4n) is 4.76. The van der Waals surface area contributed by atoms with Crippen molar-refractivity contribution in [2.24, 2.45) is 0 Å². The number of nitrogens with zero attached hydrogens (tertiary/aromatic N) is 1. The van der Waals surface area contributed by atoms with Crippen molar-refractivity contribution in [3.8, 4) is 11.8 Å². The first-order valence-electron chi connectivity index (χ1n) is 12.1. The summed E-state index contributed by atoms with van der Waals surface area (Å²) in [6.45, 7) is 1.94. The summed E-state index contributed by atoms with van der Waals surface area (Å²) in [6.07, 6.45) is 3.72. The first-order chi connectivity index (χ1) is 18.0. The molecule has 0 fully saturated rings. The summed E-state index contributed by atoms with van der Waals surface area (Å²) in [5.41, 5.74) is 5.41. The minimum Gasteiger partial charge on any atom is -0.361 e. The number of para-hydroxylation sites is 2. The molecule has 180 valence electrons. The van der Waals surface area contributed by atoms with Gasteiger partial charge in [0.05, 0.1) is 16.3 Å². The zero-order valence-electron chi connectivity index (χ0n) is 20.2. The van der Waals surface area contributed by atoms with Crippen molar-refractivity contribution in [1.29, 1.82) is 0 Å². The number of nitrogens with one attached hydrogen (secondary N) is 1. The number of aromatic nitrogens is 2. The van der Waals surface area contributed by atoms with Gasteiger partial charge in [-0.1, -0.05) is 84.1 Å². The van der Waals surface area contributed by atoms with E-state index >= 15 is 0 Å². The quantitative estimate of drug-likeness (QED) is 0.269. The topological polar surface area (TPSA) is 54.9 Å². The molecule has 0 aliphatic rings. The summed E-state index contributed by atoms with van der Waals surface area (Å²) in [6, 6.07) is 32.5. The molecular formula is C32H24N2O2S. The molecule has 0 aliphatic carbocycles. The lowest BCUT2D eigenvalue weighted by molar-refractivity contribution is 0.589. The van der Waals surface area contributed by atoms with Gasteiger partial charge in [-0.15, -0.1) is 0 Å². The number of H-pyrrole nitrogens is 1. The van der Waals surface area contributed by atoms with Crippen LogP contribution >= 0.6 is 0 Å². The highest BCUT2D eigenvalue weighted by Crippen LogP contribution is 2.37. The number of hydrogen-bond acceptors (Lipinski definition) is 2. The molecule has 37 heavy (non-hydrogen) atoms. The molecule has 0 bridgehead atoms. The van der Waals surface area contributed by atoms with Crippen molar-refractivity contribution in [2.75, 3.05) is 0 Å². The maximum Gasteiger partial charge on any atom is 0.268 e. The lowest BCUT2D eigenvalue weighted by atomic mass is 9.91. The van der Waals surface area contributed by atoms with Gasteiger partial charge in [-0.25, -0.2) is 12.4 Å². The largest absolute Gasteiger partial charge is 0.361 e. The number of hydrogen-bond donors (Lipinski definition) is 1. The van der Waals surface area contributed by atoms with Crippen LogP contribution in [0.2, 0.25) is 0 Å². The zero-order valence-corrected chi connectivity index (χ0v) is 21.0. The summed E-state index contributed by atoms with van der Waals surface area (Å²) in [7, 11) is -3.81. The number of aromatic amines is 1. The Bertz CT molecular complexity index is 1900. The summed E-state index contributed by atoms with van der Waals surface area (Å²) in [5, 5.41) is 1.92. The molecule has 0 spiro atoms. The smallest absolute Gasteiger partial charge is 0.268 e. The Morgan fingerprint density at radius 1 is 0.757 bits per heavy atom. The number of fused-ring (bicyclic) bond motifs is 2. The number of aryl methyl sites for hydroxylation is 1. The molecule has 4 aromatic carbocycles. The van der Waals surface area contributed by atoms with E-state index in [0.29, 0.717) is 5.52 Å². The molecule has 2 aromatic heterocycles. The number of rotatable bonds is 4. The van der Waals surface area contributed by atoms with Gasteiger partial charge in [-0.3, -0.25) is 0 Å². The van der Waals surface area contributed by atoms with Crippen LogP contribution in [-0.4, -0.2) is 17.4 Å². The second-order valence-electron chi connectivity index (χ2n) is 9.07. The van der Waals surface area contributed by atoms with Crippen molar-refractivity contribution in [1.82, 2.24) is 8.96 Å². The summed E-state index contributed by atoms with van der Waals surface area (Å²) < 4.78 is 29.0. The average molecular weight is 501 g/mol. The summed E-state index contributed by atoms with van der Waals surface area (Å²) >= 11 is 0. The lowest BCUT2D eigenvalue weighted by Gasteiger charge is -2.10. The van der Waals surface area contributed by atoms with Crippen LogP contribution in [0.5, 0.6) is 0 Å². The zero-order chi connectivity index (χ0) is 25.4. The third-order valence-electron chi connectivity index (χ3n) is 6.66. The SMILES string of the molecule is Cc1ccc(S(=O)(=O)n2cc(C(C#Cc3ccccc3)c3c[nH]c4ccccc34)c3ccccc32)cc1. The van der Waals surface area contributed by atoms with Crippen LogP contribution in [0.4, 0.5) is 0 Å². The van der Waals surface area contributed by atoms with Gasteiger partial charge >= 0.3 is 0 Å². The summed E-state index contributed by atoms with van der Waals surface area (Å²) in [4.78, 5) is 3.61. The summed E-state index contributed by atoms with van der Waals surface area (Å²) in [5.74, 6) is 6.45. The van der Waals surface area contributed by atoms with Gasteiger partial charge in [0.1, 0.15) is 0 Å². The third kappa shape index (κ3) is 4.12. The molecule has 0 radical (unpaired) electrons. The Balaban J connectivity index is 1.60. The van der Waals surface area contributed by atoms with Crippen molar-refractivity contribution >= 4 is 31.8 Å². The van der Waals surface area contributed by atoms with Gasteiger partial charge in [0.25, 0.3) is 10.0 Å². The molecule has 0 saturated carbocycles. The molecule has 6 rings (SSSR count). The van der Waals surface area contributed by atoms with E-state index in [9.17, 15) is 8.42 Å². The Labute approximate surface area is 216 Å². The first kappa shape index (κ1) is 22.9. The van der Waals surface area contributed by atoms with Gasteiger partial charge in [0.2, 0.25) is 0 Å². The van der Waals surface area contributed by atoms with E-state index in [1.807, 2.05) is 98.0 Å². The molecule has 1 atom stereocenters. The Morgan fingerprint density at radius 2 is 1.43 bits per heavy atom. The monoisotopic (exact) mass is 500 g/mol. The highest BCUT2D eigenvalue weighted by molar-refractivity contribution is 7.90. The Hall–Kier alpha value is -4.53. The normalized spacial score (nSPS) is 12.4.